The Morgan fingerprint density at radius 3 is 2.33 bits per heavy atom. The summed E-state index contributed by atoms with van der Waals surface area (Å²) in [6.07, 6.45) is 11.6. The van der Waals surface area contributed by atoms with Crippen LogP contribution >= 0.6 is 0 Å². The summed E-state index contributed by atoms with van der Waals surface area (Å²) in [5.74, 6) is 1.46. The number of ether oxygens (including phenoxy) is 1. The summed E-state index contributed by atoms with van der Waals surface area (Å²) in [5, 5.41) is 0. The van der Waals surface area contributed by atoms with Gasteiger partial charge in [-0.2, -0.15) is 0 Å². The van der Waals surface area contributed by atoms with E-state index in [-0.39, 0.29) is 11.8 Å². The van der Waals surface area contributed by atoms with Crippen LogP contribution in [-0.4, -0.2) is 18.9 Å². The van der Waals surface area contributed by atoms with Gasteiger partial charge >= 0.3 is 5.97 Å². The van der Waals surface area contributed by atoms with Crippen molar-refractivity contribution in [3.8, 4) is 0 Å². The van der Waals surface area contributed by atoms with Gasteiger partial charge in [0.15, 0.2) is 0 Å². The van der Waals surface area contributed by atoms with E-state index in [0.717, 1.165) is 12.3 Å². The van der Waals surface area contributed by atoms with E-state index in [1.807, 2.05) is 0 Å². The maximum atomic E-state index is 12.2. The van der Waals surface area contributed by atoms with Gasteiger partial charge in [-0.1, -0.05) is 39.0 Å². The van der Waals surface area contributed by atoms with Crippen LogP contribution in [0, 0.1) is 23.7 Å². The van der Waals surface area contributed by atoms with Gasteiger partial charge in [-0.15, -0.1) is 0 Å². The predicted molar refractivity (Wildman–Crippen MR) is 82.8 cm³/mol. The van der Waals surface area contributed by atoms with Crippen LogP contribution in [0.3, 0.4) is 0 Å². The van der Waals surface area contributed by atoms with Crippen LogP contribution in [0.5, 0.6) is 0 Å². The van der Waals surface area contributed by atoms with Crippen LogP contribution in [0.25, 0.3) is 0 Å². The molecule has 0 bridgehead atoms. The molecule has 2 rings (SSSR count). The zero-order chi connectivity index (χ0) is 15.2. The number of Topliss-reactive ketones (excluding diaryl/α,β-unsaturated/α-hetero) is 1. The second-order valence-electron chi connectivity index (χ2n) is 7.01. The standard InChI is InChI=1S/C18H30O3/c1-3-4-5-13-6-8-14(9-7-13)15-10-11-16(17(19)12-15)18(20)21-2/h13-16H,3-12H2,1-2H3/t13-,14-,15?,16?. The minimum atomic E-state index is -0.479. The molecule has 0 radical (unpaired) electrons. The molecule has 3 heteroatoms. The van der Waals surface area contributed by atoms with E-state index in [1.165, 1.54) is 52.1 Å². The first kappa shape index (κ1) is 16.5. The van der Waals surface area contributed by atoms with E-state index in [0.29, 0.717) is 24.7 Å². The van der Waals surface area contributed by atoms with Gasteiger partial charge in [-0.3, -0.25) is 9.59 Å². The molecular formula is C18H30O3. The highest BCUT2D eigenvalue weighted by Crippen LogP contribution is 2.41. The number of rotatable bonds is 5. The molecule has 0 N–H and O–H groups in total. The topological polar surface area (TPSA) is 43.4 Å². The molecule has 2 fully saturated rings. The van der Waals surface area contributed by atoms with E-state index in [1.54, 1.807) is 0 Å². The number of esters is 1. The minimum absolute atomic E-state index is 0.117. The summed E-state index contributed by atoms with van der Waals surface area (Å²) in [5.41, 5.74) is 0. The average molecular weight is 294 g/mol. The summed E-state index contributed by atoms with van der Waals surface area (Å²) < 4.78 is 4.73. The van der Waals surface area contributed by atoms with Crippen molar-refractivity contribution in [3.05, 3.63) is 0 Å². The van der Waals surface area contributed by atoms with Crippen LogP contribution in [0.2, 0.25) is 0 Å². The first-order valence-corrected chi connectivity index (χ1v) is 8.76. The molecular weight excluding hydrogens is 264 g/mol. The van der Waals surface area contributed by atoms with E-state index < -0.39 is 5.92 Å². The third-order valence-corrected chi connectivity index (χ3v) is 5.69. The molecule has 0 aromatic rings. The molecule has 0 aromatic heterocycles. The summed E-state index contributed by atoms with van der Waals surface area (Å²) in [6.45, 7) is 2.26. The van der Waals surface area contributed by atoms with Crippen molar-refractivity contribution in [2.75, 3.05) is 7.11 Å². The van der Waals surface area contributed by atoms with Crippen molar-refractivity contribution in [3.63, 3.8) is 0 Å². The normalized spacial score (nSPS) is 33.7. The Morgan fingerprint density at radius 2 is 1.76 bits per heavy atom. The lowest BCUT2D eigenvalue weighted by molar-refractivity contribution is -0.151. The van der Waals surface area contributed by atoms with E-state index in [2.05, 4.69) is 6.92 Å². The molecule has 2 aliphatic rings. The number of carbonyl (C=O) groups excluding carboxylic acids is 2. The largest absolute Gasteiger partial charge is 0.468 e. The number of hydrogen-bond acceptors (Lipinski definition) is 3. The zero-order valence-corrected chi connectivity index (χ0v) is 13.6. The van der Waals surface area contributed by atoms with Gasteiger partial charge in [0.2, 0.25) is 0 Å². The fourth-order valence-electron chi connectivity index (χ4n) is 4.28. The average Bonchev–Trinajstić information content (AvgIpc) is 2.52. The van der Waals surface area contributed by atoms with Gasteiger partial charge < -0.3 is 4.74 Å². The predicted octanol–water partition coefficient (Wildman–Crippen LogP) is 4.14. The van der Waals surface area contributed by atoms with Gasteiger partial charge in [0.05, 0.1) is 7.11 Å². The molecule has 2 aliphatic carbocycles. The summed E-state index contributed by atoms with van der Waals surface area (Å²) in [4.78, 5) is 23.7. The van der Waals surface area contributed by atoms with Crippen LogP contribution in [0.15, 0.2) is 0 Å². The van der Waals surface area contributed by atoms with Crippen molar-refractivity contribution in [1.82, 2.24) is 0 Å². The highest BCUT2D eigenvalue weighted by molar-refractivity contribution is 5.99. The van der Waals surface area contributed by atoms with Gasteiger partial charge in [0.1, 0.15) is 11.7 Å². The Hall–Kier alpha value is -0.860. The quantitative estimate of drug-likeness (QED) is 0.565. The highest BCUT2D eigenvalue weighted by Gasteiger charge is 2.38. The third kappa shape index (κ3) is 4.31. The Morgan fingerprint density at radius 1 is 1.10 bits per heavy atom. The number of hydrogen-bond donors (Lipinski definition) is 0. The number of methoxy groups -OCH3 is 1. The molecule has 0 saturated heterocycles. The highest BCUT2D eigenvalue weighted by atomic mass is 16.5. The maximum absolute atomic E-state index is 12.2. The fraction of sp³-hybridized carbons (Fsp3) is 0.889. The molecule has 2 atom stereocenters. The van der Waals surface area contributed by atoms with Gasteiger partial charge in [-0.05, 0) is 43.4 Å². The summed E-state index contributed by atoms with van der Waals surface area (Å²) in [6, 6.07) is 0. The van der Waals surface area contributed by atoms with E-state index >= 15 is 0 Å². The Kier molecular flexibility index (Phi) is 6.25. The smallest absolute Gasteiger partial charge is 0.316 e. The van der Waals surface area contributed by atoms with Crippen LogP contribution < -0.4 is 0 Å². The number of unbranched alkanes of at least 4 members (excludes halogenated alkanes) is 1. The Balaban J connectivity index is 1.78. The minimum Gasteiger partial charge on any atom is -0.468 e. The van der Waals surface area contributed by atoms with Crippen LogP contribution in [0.1, 0.15) is 71.1 Å². The monoisotopic (exact) mass is 294 g/mol. The molecule has 2 saturated carbocycles. The molecule has 120 valence electrons. The van der Waals surface area contributed by atoms with Crippen molar-refractivity contribution >= 4 is 11.8 Å². The molecule has 3 nitrogen and oxygen atoms in total. The Labute approximate surface area is 128 Å². The third-order valence-electron chi connectivity index (χ3n) is 5.69. The van der Waals surface area contributed by atoms with Crippen molar-refractivity contribution in [2.45, 2.75) is 71.1 Å². The number of ketones is 1. The number of carbonyl (C=O) groups is 2. The van der Waals surface area contributed by atoms with Gasteiger partial charge in [0, 0.05) is 6.42 Å². The molecule has 0 heterocycles. The van der Waals surface area contributed by atoms with Crippen molar-refractivity contribution < 1.29 is 14.3 Å². The summed E-state index contributed by atoms with van der Waals surface area (Å²) in [7, 11) is 1.37. The first-order chi connectivity index (χ1) is 10.2. The lowest BCUT2D eigenvalue weighted by Crippen LogP contribution is -2.35. The van der Waals surface area contributed by atoms with E-state index in [4.69, 9.17) is 4.74 Å². The molecule has 2 unspecified atom stereocenters. The first-order valence-electron chi connectivity index (χ1n) is 8.76. The van der Waals surface area contributed by atoms with Crippen LogP contribution in [-0.2, 0) is 14.3 Å². The Bertz CT molecular complexity index is 355. The molecule has 0 amide bonds. The SMILES string of the molecule is CCCC[C@H]1CC[C@H](C2CCC(C(=O)OC)C(=O)C2)CC1. The molecule has 0 aliphatic heterocycles. The fourth-order valence-corrected chi connectivity index (χ4v) is 4.28. The van der Waals surface area contributed by atoms with Gasteiger partial charge in [-0.25, -0.2) is 0 Å². The second kappa shape index (κ2) is 7.95. The van der Waals surface area contributed by atoms with Crippen molar-refractivity contribution in [1.29, 1.82) is 0 Å². The van der Waals surface area contributed by atoms with Crippen molar-refractivity contribution in [2.24, 2.45) is 23.7 Å². The lowest BCUT2D eigenvalue weighted by Gasteiger charge is -2.36. The second-order valence-corrected chi connectivity index (χ2v) is 7.01. The van der Waals surface area contributed by atoms with Gasteiger partial charge in [0.25, 0.3) is 0 Å². The maximum Gasteiger partial charge on any atom is 0.316 e. The zero-order valence-electron chi connectivity index (χ0n) is 13.6. The van der Waals surface area contributed by atoms with E-state index in [9.17, 15) is 9.59 Å². The van der Waals surface area contributed by atoms with Crippen LogP contribution in [0.4, 0.5) is 0 Å². The summed E-state index contributed by atoms with van der Waals surface area (Å²) >= 11 is 0. The lowest BCUT2D eigenvalue weighted by atomic mass is 9.68. The molecule has 21 heavy (non-hydrogen) atoms. The molecule has 0 spiro atoms. The molecule has 0 aromatic carbocycles.